The minimum Gasteiger partial charge on any atom is -0.490 e. The Balaban J connectivity index is 2.11. The number of aromatic nitrogens is 4. The van der Waals surface area contributed by atoms with Gasteiger partial charge in [0.1, 0.15) is 41.8 Å². The average molecular weight is 694 g/mol. The summed E-state index contributed by atoms with van der Waals surface area (Å²) in [7, 11) is -3.36. The third-order valence-electron chi connectivity index (χ3n) is 7.58. The second-order valence-corrected chi connectivity index (χ2v) is 25.6. The standard InChI is InChI=1S/C31H48ClN5O7Si2/c1-30(2,3)44-29(40)37(28(38)39)27-21-16-23(36(26(21)34-19-35-27)20-41-14-15-45(7,8)9)22-18-33-25(32)17-24(22)42-12-13-43-46(10,11)31(4,5)6/h16-19H,12-15,20H2,1-11H3,(H,38,39). The van der Waals surface area contributed by atoms with Crippen molar-refractivity contribution < 1.29 is 33.3 Å². The number of halogens is 1. The number of carbonyl (C=O) groups is 2. The molecule has 0 fully saturated rings. The summed E-state index contributed by atoms with van der Waals surface area (Å²) in [6.45, 7) is 23.9. The highest BCUT2D eigenvalue weighted by molar-refractivity contribution is 6.76. The Kier molecular flexibility index (Phi) is 11.7. The number of amides is 2. The monoisotopic (exact) mass is 693 g/mol. The van der Waals surface area contributed by atoms with Crippen LogP contribution >= 0.6 is 11.6 Å². The summed E-state index contributed by atoms with van der Waals surface area (Å²) < 4.78 is 25.8. The Morgan fingerprint density at radius 2 is 1.65 bits per heavy atom. The predicted octanol–water partition coefficient (Wildman–Crippen LogP) is 8.28. The van der Waals surface area contributed by atoms with Gasteiger partial charge in [0.25, 0.3) is 0 Å². The second-order valence-electron chi connectivity index (χ2n) is 14.8. The molecule has 3 heterocycles. The van der Waals surface area contributed by atoms with E-state index in [0.29, 0.717) is 46.2 Å². The number of pyridine rings is 1. The molecule has 0 aliphatic rings. The summed E-state index contributed by atoms with van der Waals surface area (Å²) >= 11 is 6.31. The highest BCUT2D eigenvalue weighted by Crippen LogP contribution is 2.38. The van der Waals surface area contributed by atoms with Crippen molar-refractivity contribution in [3.05, 3.63) is 29.8 Å². The summed E-state index contributed by atoms with van der Waals surface area (Å²) in [5.41, 5.74) is 0.538. The number of ether oxygens (including phenoxy) is 3. The molecule has 0 unspecified atom stereocenters. The Bertz CT molecular complexity index is 1540. The molecule has 0 aliphatic heterocycles. The van der Waals surface area contributed by atoms with E-state index in [1.807, 2.05) is 0 Å². The topological polar surface area (TPSA) is 138 Å². The first kappa shape index (κ1) is 37.4. The molecule has 3 aromatic heterocycles. The maximum absolute atomic E-state index is 13.1. The molecular weight excluding hydrogens is 646 g/mol. The molecule has 254 valence electrons. The van der Waals surface area contributed by atoms with Crippen molar-refractivity contribution in [2.24, 2.45) is 0 Å². The summed E-state index contributed by atoms with van der Waals surface area (Å²) in [4.78, 5) is 38.9. The average Bonchev–Trinajstić information content (AvgIpc) is 3.26. The van der Waals surface area contributed by atoms with Gasteiger partial charge >= 0.3 is 12.2 Å². The Labute approximate surface area is 278 Å². The first-order valence-corrected chi connectivity index (χ1v) is 22.2. The van der Waals surface area contributed by atoms with E-state index < -0.39 is 34.2 Å². The molecule has 0 saturated heterocycles. The Hall–Kier alpha value is -3.05. The van der Waals surface area contributed by atoms with E-state index >= 15 is 0 Å². The number of imide groups is 1. The lowest BCUT2D eigenvalue weighted by Gasteiger charge is -2.36. The number of fused-ring (bicyclic) bond motifs is 1. The fourth-order valence-corrected chi connectivity index (χ4v) is 6.00. The van der Waals surface area contributed by atoms with Crippen LogP contribution in [-0.2, 0) is 20.6 Å². The van der Waals surface area contributed by atoms with E-state index in [4.69, 9.17) is 30.2 Å². The van der Waals surface area contributed by atoms with Gasteiger partial charge in [-0.3, -0.25) is 0 Å². The van der Waals surface area contributed by atoms with E-state index in [1.54, 1.807) is 43.7 Å². The zero-order valence-corrected chi connectivity index (χ0v) is 31.6. The van der Waals surface area contributed by atoms with Crippen LogP contribution in [0.2, 0.25) is 49.0 Å². The predicted molar refractivity (Wildman–Crippen MR) is 185 cm³/mol. The van der Waals surface area contributed by atoms with Crippen LogP contribution in [-0.4, -0.2) is 78.6 Å². The number of anilines is 1. The zero-order valence-electron chi connectivity index (χ0n) is 28.9. The van der Waals surface area contributed by atoms with Gasteiger partial charge in [-0.15, -0.1) is 0 Å². The Morgan fingerprint density at radius 1 is 0.978 bits per heavy atom. The van der Waals surface area contributed by atoms with E-state index in [1.165, 1.54) is 6.33 Å². The maximum Gasteiger partial charge on any atom is 0.425 e. The highest BCUT2D eigenvalue weighted by atomic mass is 35.5. The highest BCUT2D eigenvalue weighted by Gasteiger charge is 2.37. The van der Waals surface area contributed by atoms with Crippen LogP contribution in [0, 0.1) is 0 Å². The lowest BCUT2D eigenvalue weighted by molar-refractivity contribution is 0.0581. The van der Waals surface area contributed by atoms with Gasteiger partial charge in [-0.1, -0.05) is 52.0 Å². The molecule has 0 atom stereocenters. The smallest absolute Gasteiger partial charge is 0.425 e. The van der Waals surface area contributed by atoms with Crippen LogP contribution in [0.25, 0.3) is 22.3 Å². The van der Waals surface area contributed by atoms with Crippen LogP contribution < -0.4 is 9.64 Å². The third kappa shape index (κ3) is 9.73. The number of nitrogens with zero attached hydrogens (tertiary/aromatic N) is 5. The molecule has 3 rings (SSSR count). The molecule has 0 saturated carbocycles. The molecule has 0 bridgehead atoms. The SMILES string of the molecule is CC(C)(C)OC(=O)N(C(=O)O)c1ncnc2c1cc(-c1cnc(Cl)cc1OCCO[Si](C)(C)C(C)(C)C)n2COCC[Si](C)(C)C. The fraction of sp³-hybridized carbons (Fsp3) is 0.581. The largest absolute Gasteiger partial charge is 0.490 e. The minimum atomic E-state index is -1.99. The number of rotatable bonds is 12. The van der Waals surface area contributed by atoms with Crippen molar-refractivity contribution in [1.82, 2.24) is 19.5 Å². The van der Waals surface area contributed by atoms with Gasteiger partial charge in [0.15, 0.2) is 14.1 Å². The lowest BCUT2D eigenvalue weighted by Crippen LogP contribution is -2.41. The third-order valence-corrected chi connectivity index (χ3v) is 14.0. The Morgan fingerprint density at radius 3 is 2.24 bits per heavy atom. The molecule has 3 aromatic rings. The van der Waals surface area contributed by atoms with E-state index in [-0.39, 0.29) is 29.3 Å². The zero-order chi connectivity index (χ0) is 34.7. The van der Waals surface area contributed by atoms with Crippen molar-refractivity contribution in [3.63, 3.8) is 0 Å². The van der Waals surface area contributed by atoms with Crippen LogP contribution in [0.1, 0.15) is 41.5 Å². The van der Waals surface area contributed by atoms with Crippen LogP contribution in [0.4, 0.5) is 15.4 Å². The molecule has 2 amide bonds. The summed E-state index contributed by atoms with van der Waals surface area (Å²) in [6, 6.07) is 4.25. The molecule has 0 aromatic carbocycles. The van der Waals surface area contributed by atoms with Crippen molar-refractivity contribution in [1.29, 1.82) is 0 Å². The summed E-state index contributed by atoms with van der Waals surface area (Å²) in [5.74, 6) is 0.294. The van der Waals surface area contributed by atoms with Gasteiger partial charge in [-0.2, -0.15) is 4.90 Å². The number of hydrogen-bond donors (Lipinski definition) is 1. The molecule has 0 aliphatic carbocycles. The van der Waals surface area contributed by atoms with Gasteiger partial charge in [0.05, 0.1) is 23.3 Å². The van der Waals surface area contributed by atoms with Gasteiger partial charge in [-0.05, 0) is 51.0 Å². The lowest BCUT2D eigenvalue weighted by atomic mass is 10.2. The fourth-order valence-electron chi connectivity index (χ4n) is 4.07. The van der Waals surface area contributed by atoms with E-state index in [9.17, 15) is 14.7 Å². The van der Waals surface area contributed by atoms with E-state index in [0.717, 1.165) is 6.04 Å². The molecule has 1 N–H and O–H groups in total. The normalized spacial score (nSPS) is 12.8. The molecular formula is C31H48ClN5O7Si2. The number of hydrogen-bond acceptors (Lipinski definition) is 9. The summed E-state index contributed by atoms with van der Waals surface area (Å²) in [6.07, 6.45) is 0.152. The maximum atomic E-state index is 13.1. The van der Waals surface area contributed by atoms with Crippen molar-refractivity contribution in [2.45, 2.75) is 97.7 Å². The van der Waals surface area contributed by atoms with Crippen molar-refractivity contribution >= 4 is 57.0 Å². The van der Waals surface area contributed by atoms with E-state index in [2.05, 4.69) is 68.5 Å². The van der Waals surface area contributed by atoms with Crippen molar-refractivity contribution in [2.75, 3.05) is 24.7 Å². The number of carboxylic acid groups (broad SMARTS) is 1. The molecule has 0 spiro atoms. The van der Waals surface area contributed by atoms with Crippen LogP contribution in [0.15, 0.2) is 24.7 Å². The van der Waals surface area contributed by atoms with Crippen LogP contribution in [0.5, 0.6) is 5.75 Å². The quantitative estimate of drug-likeness (QED) is 0.112. The molecule has 12 nitrogen and oxygen atoms in total. The molecule has 46 heavy (non-hydrogen) atoms. The van der Waals surface area contributed by atoms with Gasteiger partial charge < -0.3 is 28.3 Å². The van der Waals surface area contributed by atoms with Gasteiger partial charge in [0, 0.05) is 26.9 Å². The first-order chi connectivity index (χ1) is 21.1. The second kappa shape index (κ2) is 14.4. The molecule has 0 radical (unpaired) electrons. The van der Waals surface area contributed by atoms with Crippen molar-refractivity contribution in [3.8, 4) is 17.0 Å². The molecule has 15 heteroatoms. The summed E-state index contributed by atoms with van der Waals surface area (Å²) in [5, 5.41) is 10.7. The van der Waals surface area contributed by atoms with Crippen LogP contribution in [0.3, 0.4) is 0 Å². The number of carbonyl (C=O) groups excluding carboxylic acids is 1. The van der Waals surface area contributed by atoms with Gasteiger partial charge in [-0.25, -0.2) is 24.5 Å². The van der Waals surface area contributed by atoms with Gasteiger partial charge in [0.2, 0.25) is 0 Å². The first-order valence-electron chi connectivity index (χ1n) is 15.2. The minimum absolute atomic E-state index is 0.0520.